The van der Waals surface area contributed by atoms with Gasteiger partial charge in [0, 0.05) is 17.1 Å². The van der Waals surface area contributed by atoms with Crippen LogP contribution >= 0.6 is 11.8 Å². The predicted molar refractivity (Wildman–Crippen MR) is 76.2 cm³/mol. The Morgan fingerprint density at radius 3 is 2.58 bits per heavy atom. The molecule has 0 saturated heterocycles. The summed E-state index contributed by atoms with van der Waals surface area (Å²) in [6.07, 6.45) is 5.10. The van der Waals surface area contributed by atoms with Crippen molar-refractivity contribution < 1.29 is 14.6 Å². The third-order valence-corrected chi connectivity index (χ3v) is 5.03. The maximum Gasteiger partial charge on any atom is 0.162 e. The summed E-state index contributed by atoms with van der Waals surface area (Å²) in [6, 6.07) is 6.06. The van der Waals surface area contributed by atoms with Crippen molar-refractivity contribution in [3.63, 3.8) is 0 Å². The van der Waals surface area contributed by atoms with Crippen LogP contribution in [-0.4, -0.2) is 29.7 Å². The first-order chi connectivity index (χ1) is 9.25. The van der Waals surface area contributed by atoms with Gasteiger partial charge < -0.3 is 14.6 Å². The Labute approximate surface area is 118 Å². The largest absolute Gasteiger partial charge is 0.490 e. The Morgan fingerprint density at radius 2 is 1.79 bits per heavy atom. The van der Waals surface area contributed by atoms with E-state index >= 15 is 0 Å². The summed E-state index contributed by atoms with van der Waals surface area (Å²) in [4.78, 5) is 1.14. The van der Waals surface area contributed by atoms with Crippen molar-refractivity contribution in [1.82, 2.24) is 0 Å². The molecule has 0 unspecified atom stereocenters. The van der Waals surface area contributed by atoms with E-state index in [4.69, 9.17) is 9.47 Å². The van der Waals surface area contributed by atoms with E-state index in [9.17, 15) is 5.11 Å². The number of benzene rings is 1. The number of fused-ring (bicyclic) bond motifs is 1. The number of hydrogen-bond donors (Lipinski definition) is 1. The van der Waals surface area contributed by atoms with Crippen molar-refractivity contribution in [3.05, 3.63) is 18.2 Å². The fourth-order valence-electron chi connectivity index (χ4n) is 2.63. The standard InChI is InChI=1S/C15H20O3S/c16-15(6-1-2-7-15)11-19-12-4-5-13-14(10-12)18-9-3-8-17-13/h4-5,10,16H,1-3,6-9,11H2. The van der Waals surface area contributed by atoms with Crippen LogP contribution in [0.25, 0.3) is 0 Å². The Bertz CT molecular complexity index is 441. The summed E-state index contributed by atoms with van der Waals surface area (Å²) in [6.45, 7) is 1.43. The van der Waals surface area contributed by atoms with Crippen molar-refractivity contribution in [2.75, 3.05) is 19.0 Å². The molecule has 0 spiro atoms. The molecule has 3 rings (SSSR count). The number of rotatable bonds is 3. The lowest BCUT2D eigenvalue weighted by atomic mass is 10.1. The quantitative estimate of drug-likeness (QED) is 0.863. The molecular weight excluding hydrogens is 260 g/mol. The van der Waals surface area contributed by atoms with Gasteiger partial charge in [0.15, 0.2) is 11.5 Å². The molecule has 0 aromatic heterocycles. The van der Waals surface area contributed by atoms with Crippen LogP contribution in [0.1, 0.15) is 32.1 Å². The SMILES string of the molecule is OC1(CSc2ccc3c(c2)OCCCO3)CCCC1. The maximum absolute atomic E-state index is 10.4. The highest BCUT2D eigenvalue weighted by molar-refractivity contribution is 7.99. The second-order valence-electron chi connectivity index (χ2n) is 5.38. The zero-order valence-corrected chi connectivity index (χ0v) is 11.9. The molecule has 2 aliphatic rings. The van der Waals surface area contributed by atoms with Crippen LogP contribution in [0.3, 0.4) is 0 Å². The van der Waals surface area contributed by atoms with Crippen LogP contribution in [0.4, 0.5) is 0 Å². The van der Waals surface area contributed by atoms with E-state index in [2.05, 4.69) is 6.07 Å². The van der Waals surface area contributed by atoms with Crippen molar-refractivity contribution in [1.29, 1.82) is 0 Å². The third kappa shape index (κ3) is 3.18. The minimum Gasteiger partial charge on any atom is -0.490 e. The highest BCUT2D eigenvalue weighted by Crippen LogP contribution is 2.38. The summed E-state index contributed by atoms with van der Waals surface area (Å²) in [5, 5.41) is 10.4. The number of ether oxygens (including phenoxy) is 2. The number of thioether (sulfide) groups is 1. The topological polar surface area (TPSA) is 38.7 Å². The van der Waals surface area contributed by atoms with Crippen LogP contribution < -0.4 is 9.47 Å². The van der Waals surface area contributed by atoms with Crippen LogP contribution in [0, 0.1) is 0 Å². The molecule has 1 aromatic rings. The van der Waals surface area contributed by atoms with E-state index < -0.39 is 5.60 Å². The molecular formula is C15H20O3S. The van der Waals surface area contributed by atoms with E-state index in [-0.39, 0.29) is 0 Å². The number of hydrogen-bond acceptors (Lipinski definition) is 4. The molecule has 0 atom stereocenters. The Balaban J connectivity index is 1.66. The van der Waals surface area contributed by atoms with Gasteiger partial charge in [-0.3, -0.25) is 0 Å². The smallest absolute Gasteiger partial charge is 0.162 e. The zero-order chi connectivity index (χ0) is 13.1. The summed E-state index contributed by atoms with van der Waals surface area (Å²) < 4.78 is 11.3. The van der Waals surface area contributed by atoms with Gasteiger partial charge in [-0.1, -0.05) is 12.8 Å². The van der Waals surface area contributed by atoms with Gasteiger partial charge >= 0.3 is 0 Å². The van der Waals surface area contributed by atoms with E-state index in [0.29, 0.717) is 6.61 Å². The lowest BCUT2D eigenvalue weighted by Gasteiger charge is -2.21. The van der Waals surface area contributed by atoms with E-state index in [1.54, 1.807) is 11.8 Å². The molecule has 1 aliphatic carbocycles. The van der Waals surface area contributed by atoms with E-state index in [1.165, 1.54) is 0 Å². The zero-order valence-electron chi connectivity index (χ0n) is 11.1. The fraction of sp³-hybridized carbons (Fsp3) is 0.600. The van der Waals surface area contributed by atoms with Gasteiger partial charge in [0.2, 0.25) is 0 Å². The second kappa shape index (κ2) is 5.63. The Hall–Kier alpha value is -0.870. The molecule has 1 saturated carbocycles. The van der Waals surface area contributed by atoms with Crippen molar-refractivity contribution in [2.24, 2.45) is 0 Å². The summed E-state index contributed by atoms with van der Waals surface area (Å²) in [5.74, 6) is 2.44. The summed E-state index contributed by atoms with van der Waals surface area (Å²) in [5.41, 5.74) is -0.463. The van der Waals surface area contributed by atoms with Crippen molar-refractivity contribution in [2.45, 2.75) is 42.6 Å². The lowest BCUT2D eigenvalue weighted by molar-refractivity contribution is 0.0732. The molecule has 1 aliphatic heterocycles. The minimum atomic E-state index is -0.463. The fourth-order valence-corrected chi connectivity index (χ4v) is 3.71. The van der Waals surface area contributed by atoms with Crippen molar-refractivity contribution in [3.8, 4) is 11.5 Å². The third-order valence-electron chi connectivity index (χ3n) is 3.76. The summed E-state index contributed by atoms with van der Waals surface area (Å²) >= 11 is 1.71. The lowest BCUT2D eigenvalue weighted by Crippen LogP contribution is -2.26. The van der Waals surface area contributed by atoms with Gasteiger partial charge in [-0.15, -0.1) is 11.8 Å². The maximum atomic E-state index is 10.4. The van der Waals surface area contributed by atoms with Gasteiger partial charge in [0.05, 0.1) is 18.8 Å². The molecule has 0 bridgehead atoms. The molecule has 1 fully saturated rings. The first kappa shape index (κ1) is 13.1. The second-order valence-corrected chi connectivity index (χ2v) is 6.43. The molecule has 1 aromatic carbocycles. The molecule has 1 N–H and O–H groups in total. The van der Waals surface area contributed by atoms with E-state index in [1.807, 2.05) is 12.1 Å². The Kier molecular flexibility index (Phi) is 3.89. The van der Waals surface area contributed by atoms with Gasteiger partial charge in [0.1, 0.15) is 0 Å². The molecule has 3 nitrogen and oxygen atoms in total. The highest BCUT2D eigenvalue weighted by Gasteiger charge is 2.31. The molecule has 4 heteroatoms. The van der Waals surface area contributed by atoms with Crippen LogP contribution in [-0.2, 0) is 0 Å². The monoisotopic (exact) mass is 280 g/mol. The number of aliphatic hydroxyl groups is 1. The first-order valence-electron chi connectivity index (χ1n) is 7.00. The molecule has 0 amide bonds. The van der Waals surface area contributed by atoms with E-state index in [0.717, 1.165) is 60.9 Å². The average Bonchev–Trinajstić information content (AvgIpc) is 2.72. The van der Waals surface area contributed by atoms with Gasteiger partial charge in [-0.2, -0.15) is 0 Å². The van der Waals surface area contributed by atoms with Crippen LogP contribution in [0.5, 0.6) is 11.5 Å². The molecule has 0 radical (unpaired) electrons. The minimum absolute atomic E-state index is 0.463. The van der Waals surface area contributed by atoms with Crippen LogP contribution in [0.15, 0.2) is 23.1 Å². The Morgan fingerprint density at radius 1 is 1.05 bits per heavy atom. The molecule has 104 valence electrons. The van der Waals surface area contributed by atoms with Gasteiger partial charge in [-0.05, 0) is 31.0 Å². The summed E-state index contributed by atoms with van der Waals surface area (Å²) in [7, 11) is 0. The van der Waals surface area contributed by atoms with Gasteiger partial charge in [-0.25, -0.2) is 0 Å². The normalized spacial score (nSPS) is 21.1. The predicted octanol–water partition coefficient (Wildman–Crippen LogP) is 3.25. The highest BCUT2D eigenvalue weighted by atomic mass is 32.2. The molecule has 1 heterocycles. The van der Waals surface area contributed by atoms with Crippen molar-refractivity contribution >= 4 is 11.8 Å². The van der Waals surface area contributed by atoms with Gasteiger partial charge in [0.25, 0.3) is 0 Å². The average molecular weight is 280 g/mol. The first-order valence-corrected chi connectivity index (χ1v) is 7.99. The molecule has 19 heavy (non-hydrogen) atoms. The van der Waals surface area contributed by atoms with Crippen LogP contribution in [0.2, 0.25) is 0 Å².